The Hall–Kier alpha value is -3.57. The van der Waals surface area contributed by atoms with Crippen LogP contribution in [0, 0.1) is 5.41 Å². The molecule has 2 fully saturated rings. The number of rotatable bonds is 1. The van der Waals surface area contributed by atoms with Gasteiger partial charge in [0.15, 0.2) is 11.1 Å². The molecule has 0 aliphatic carbocycles. The Labute approximate surface area is 199 Å². The zero-order chi connectivity index (χ0) is 23.8. The normalized spacial score (nSPS) is 25.7. The lowest BCUT2D eigenvalue weighted by atomic mass is 9.67. The molecule has 3 aliphatic heterocycles. The standard InChI is InChI=1S/C22H19ClN6O5.H2/c1-9-8-29-16-12(7-22(18(29)10(2)33-9)19(30)26-21(32)27-20(22)31)25-15-14(11-5-3-4-6-24-11)28-34-17(15)13(16)23;/h3-6,9-10,18H,7-8H2,1-2H3,(H2,26,27,30,31,32);1H/t9-,10+,18-;/m1./s1. The lowest BCUT2D eigenvalue weighted by molar-refractivity contribution is -0.153. The number of aromatic nitrogens is 3. The van der Waals surface area contributed by atoms with Crippen molar-refractivity contribution >= 4 is 46.2 Å². The molecular formula is C22H21ClN6O5. The monoisotopic (exact) mass is 484 g/mol. The van der Waals surface area contributed by atoms with Gasteiger partial charge in [0, 0.05) is 20.6 Å². The number of nitrogens with zero attached hydrogens (tertiary/aromatic N) is 4. The second-order valence-corrected chi connectivity index (χ2v) is 9.16. The molecule has 3 atom stereocenters. The number of pyridine rings is 2. The largest absolute Gasteiger partial charge is 0.372 e. The van der Waals surface area contributed by atoms with E-state index in [1.807, 2.05) is 17.9 Å². The molecule has 3 aliphatic rings. The van der Waals surface area contributed by atoms with Crippen molar-refractivity contribution in [2.24, 2.45) is 5.41 Å². The third kappa shape index (κ3) is 2.74. The number of ether oxygens (including phenoxy) is 1. The highest BCUT2D eigenvalue weighted by atomic mass is 35.5. The van der Waals surface area contributed by atoms with Gasteiger partial charge in [-0.25, -0.2) is 9.78 Å². The summed E-state index contributed by atoms with van der Waals surface area (Å²) in [6.07, 6.45) is 0.807. The van der Waals surface area contributed by atoms with Crippen molar-refractivity contribution in [3.05, 3.63) is 35.1 Å². The van der Waals surface area contributed by atoms with Crippen LogP contribution >= 0.6 is 11.6 Å². The lowest BCUT2D eigenvalue weighted by Crippen LogP contribution is -2.75. The van der Waals surface area contributed by atoms with Crippen molar-refractivity contribution < 1.29 is 25.1 Å². The molecule has 11 nitrogen and oxygen atoms in total. The molecule has 4 amide bonds. The third-order valence-corrected chi connectivity index (χ3v) is 7.04. The molecule has 0 unspecified atom stereocenters. The number of hydrogen-bond acceptors (Lipinski definition) is 9. The van der Waals surface area contributed by atoms with Gasteiger partial charge in [0.05, 0.1) is 35.3 Å². The minimum Gasteiger partial charge on any atom is -0.372 e. The van der Waals surface area contributed by atoms with Crippen molar-refractivity contribution in [1.82, 2.24) is 25.8 Å². The molecule has 2 N–H and O–H groups in total. The molecule has 6 rings (SSSR count). The number of barbiturate groups is 1. The van der Waals surface area contributed by atoms with Gasteiger partial charge < -0.3 is 14.2 Å². The number of carbonyl (C=O) groups excluding carboxylic acids is 3. The maximum Gasteiger partial charge on any atom is 0.328 e. The van der Waals surface area contributed by atoms with Crippen LogP contribution in [0.15, 0.2) is 28.9 Å². The molecule has 1 spiro atoms. The Morgan fingerprint density at radius 3 is 2.68 bits per heavy atom. The van der Waals surface area contributed by atoms with E-state index >= 15 is 0 Å². The first kappa shape index (κ1) is 21.0. The number of imide groups is 2. The summed E-state index contributed by atoms with van der Waals surface area (Å²) in [5.41, 5.74) is 0.942. The lowest BCUT2D eigenvalue weighted by Gasteiger charge is -2.55. The summed E-state index contributed by atoms with van der Waals surface area (Å²) in [6.45, 7) is 4.04. The van der Waals surface area contributed by atoms with E-state index in [0.29, 0.717) is 34.8 Å². The fraction of sp³-hybridized carbons (Fsp3) is 0.364. The first-order valence-corrected chi connectivity index (χ1v) is 11.2. The van der Waals surface area contributed by atoms with Crippen LogP contribution in [0.3, 0.4) is 0 Å². The van der Waals surface area contributed by atoms with Crippen LogP contribution in [0.5, 0.6) is 0 Å². The zero-order valence-corrected chi connectivity index (χ0v) is 18.9. The van der Waals surface area contributed by atoms with E-state index in [1.165, 1.54) is 0 Å². The molecular weight excluding hydrogens is 464 g/mol. The number of morpholine rings is 1. The number of carbonyl (C=O) groups is 3. The molecule has 0 bridgehead atoms. The van der Waals surface area contributed by atoms with Gasteiger partial charge in [-0.1, -0.05) is 22.8 Å². The molecule has 176 valence electrons. The highest BCUT2D eigenvalue weighted by molar-refractivity contribution is 6.38. The third-order valence-electron chi connectivity index (χ3n) is 6.69. The van der Waals surface area contributed by atoms with E-state index in [9.17, 15) is 14.4 Å². The van der Waals surface area contributed by atoms with E-state index in [4.69, 9.17) is 25.8 Å². The predicted octanol–water partition coefficient (Wildman–Crippen LogP) is 2.07. The average Bonchev–Trinajstić information content (AvgIpc) is 3.21. The molecule has 2 saturated heterocycles. The molecule has 0 aromatic carbocycles. The number of fused-ring (bicyclic) bond motifs is 5. The summed E-state index contributed by atoms with van der Waals surface area (Å²) in [5.74, 6) is -1.39. The van der Waals surface area contributed by atoms with Crippen LogP contribution in [0.2, 0.25) is 5.02 Å². The maximum absolute atomic E-state index is 13.3. The molecule has 3 aromatic heterocycles. The average molecular weight is 485 g/mol. The quantitative estimate of drug-likeness (QED) is 0.496. The van der Waals surface area contributed by atoms with Gasteiger partial charge in [-0.2, -0.15) is 0 Å². The van der Waals surface area contributed by atoms with Crippen LogP contribution in [0.25, 0.3) is 22.5 Å². The first-order chi connectivity index (χ1) is 16.3. The summed E-state index contributed by atoms with van der Waals surface area (Å²) in [6, 6.07) is 3.78. The van der Waals surface area contributed by atoms with Crippen molar-refractivity contribution in [2.45, 2.75) is 38.5 Å². The highest BCUT2D eigenvalue weighted by Crippen LogP contribution is 2.50. The second kappa shape index (κ2) is 7.21. The molecule has 34 heavy (non-hydrogen) atoms. The van der Waals surface area contributed by atoms with Gasteiger partial charge in [-0.05, 0) is 26.0 Å². The predicted molar refractivity (Wildman–Crippen MR) is 121 cm³/mol. The Kier molecular flexibility index (Phi) is 4.45. The van der Waals surface area contributed by atoms with Gasteiger partial charge in [-0.15, -0.1) is 0 Å². The topological polar surface area (TPSA) is 140 Å². The molecule has 0 radical (unpaired) electrons. The minimum absolute atomic E-state index is 0. The first-order valence-electron chi connectivity index (χ1n) is 10.8. The number of nitrogens with one attached hydrogen (secondary N) is 2. The highest BCUT2D eigenvalue weighted by Gasteiger charge is 2.63. The number of hydrogen-bond donors (Lipinski definition) is 2. The van der Waals surface area contributed by atoms with Crippen LogP contribution in [-0.2, 0) is 20.7 Å². The van der Waals surface area contributed by atoms with Crippen LogP contribution < -0.4 is 15.5 Å². The molecule has 0 saturated carbocycles. The van der Waals surface area contributed by atoms with Crippen molar-refractivity contribution in [2.75, 3.05) is 11.4 Å². The van der Waals surface area contributed by atoms with Crippen molar-refractivity contribution in [3.8, 4) is 11.4 Å². The summed E-state index contributed by atoms with van der Waals surface area (Å²) < 4.78 is 11.6. The summed E-state index contributed by atoms with van der Waals surface area (Å²) in [5, 5.41) is 8.94. The van der Waals surface area contributed by atoms with Gasteiger partial charge in [0.1, 0.15) is 10.5 Å². The van der Waals surface area contributed by atoms with E-state index in [1.54, 1.807) is 25.3 Å². The maximum atomic E-state index is 13.3. The Bertz CT molecular complexity index is 1360. The zero-order valence-electron chi connectivity index (χ0n) is 18.2. The van der Waals surface area contributed by atoms with Gasteiger partial charge in [-0.3, -0.25) is 25.2 Å². The summed E-state index contributed by atoms with van der Waals surface area (Å²) in [7, 11) is 0. The summed E-state index contributed by atoms with van der Waals surface area (Å²) in [4.78, 5) is 49.4. The van der Waals surface area contributed by atoms with E-state index < -0.39 is 35.4 Å². The van der Waals surface area contributed by atoms with E-state index in [0.717, 1.165) is 0 Å². The molecule has 12 heteroatoms. The van der Waals surface area contributed by atoms with Crippen molar-refractivity contribution in [1.29, 1.82) is 0 Å². The van der Waals surface area contributed by atoms with Gasteiger partial charge >= 0.3 is 6.03 Å². The van der Waals surface area contributed by atoms with Crippen LogP contribution in [0.1, 0.15) is 21.0 Å². The van der Waals surface area contributed by atoms with Crippen LogP contribution in [-0.4, -0.2) is 57.8 Å². The molecule has 6 heterocycles. The SMILES string of the molecule is C[C@@H]1CN2c3c(nc4c(-c5ccccn5)noc4c3Cl)CC3(C(=O)NC(=O)NC3=O)[C@H]2[C@H](C)O1.[HH]. The van der Waals surface area contributed by atoms with E-state index in [2.05, 4.69) is 20.8 Å². The van der Waals surface area contributed by atoms with E-state index in [-0.39, 0.29) is 24.6 Å². The smallest absolute Gasteiger partial charge is 0.328 e. The number of halogens is 1. The number of anilines is 1. The number of amides is 4. The van der Waals surface area contributed by atoms with Gasteiger partial charge in [0.2, 0.25) is 17.4 Å². The Morgan fingerprint density at radius 2 is 1.97 bits per heavy atom. The van der Waals surface area contributed by atoms with Crippen LogP contribution in [0.4, 0.5) is 10.5 Å². The number of urea groups is 1. The minimum atomic E-state index is -1.65. The Balaban J connectivity index is 0.00000253. The molecule has 3 aromatic rings. The fourth-order valence-electron chi connectivity index (χ4n) is 5.43. The fourth-order valence-corrected chi connectivity index (χ4v) is 5.77. The summed E-state index contributed by atoms with van der Waals surface area (Å²) >= 11 is 6.87. The van der Waals surface area contributed by atoms with Gasteiger partial charge in [0.25, 0.3) is 0 Å². The second-order valence-electron chi connectivity index (χ2n) is 8.78. The van der Waals surface area contributed by atoms with Crippen molar-refractivity contribution in [3.63, 3.8) is 0 Å². The Morgan fingerprint density at radius 1 is 1.21 bits per heavy atom.